The standard InChI is InChI=1S/C21H21F5N6O3/c1-19(34-3)30-14(13-8-27-11-29-18(13)33-2)7-17(31-19)32-9-16(20(22,23)10-32)35-12-4-5-28-15(6-12)21(24,25)26/h4-8,11,16,30H,9-10H2,1-3H3/t16?,19-/m1/s1. The highest BCUT2D eigenvalue weighted by Gasteiger charge is 2.51. The van der Waals surface area contributed by atoms with Crippen molar-refractivity contribution >= 4 is 11.5 Å². The van der Waals surface area contributed by atoms with Gasteiger partial charge < -0.3 is 24.4 Å². The second-order valence-corrected chi connectivity index (χ2v) is 7.91. The van der Waals surface area contributed by atoms with E-state index >= 15 is 0 Å². The number of amidine groups is 1. The quantitative estimate of drug-likeness (QED) is 0.627. The van der Waals surface area contributed by atoms with Gasteiger partial charge in [-0.05, 0) is 6.07 Å². The molecular formula is C21H21F5N6O3. The number of aromatic nitrogens is 3. The highest BCUT2D eigenvalue weighted by molar-refractivity contribution is 6.01. The van der Waals surface area contributed by atoms with Crippen molar-refractivity contribution in [3.05, 3.63) is 48.2 Å². The number of alkyl halides is 5. The molecule has 1 fully saturated rings. The van der Waals surface area contributed by atoms with E-state index in [9.17, 15) is 22.0 Å². The zero-order valence-electron chi connectivity index (χ0n) is 18.8. The van der Waals surface area contributed by atoms with Crippen LogP contribution in [0, 0.1) is 0 Å². The molecule has 1 saturated heterocycles. The van der Waals surface area contributed by atoms with E-state index in [2.05, 4.69) is 25.3 Å². The van der Waals surface area contributed by atoms with Gasteiger partial charge in [0.25, 0.3) is 0 Å². The number of ether oxygens (including phenoxy) is 3. The van der Waals surface area contributed by atoms with Gasteiger partial charge in [-0.2, -0.15) is 13.2 Å². The normalized spacial score (nSPS) is 23.9. The first-order valence-electron chi connectivity index (χ1n) is 10.3. The van der Waals surface area contributed by atoms with Gasteiger partial charge in [0, 0.05) is 38.6 Å². The number of nitrogens with one attached hydrogen (secondary N) is 1. The van der Waals surface area contributed by atoms with Crippen LogP contribution in [0.15, 0.2) is 41.9 Å². The number of methoxy groups -OCH3 is 2. The van der Waals surface area contributed by atoms with E-state index in [1.54, 1.807) is 6.92 Å². The van der Waals surface area contributed by atoms with Gasteiger partial charge in [-0.1, -0.05) is 0 Å². The summed E-state index contributed by atoms with van der Waals surface area (Å²) in [6.45, 7) is 0.468. The molecule has 4 rings (SSSR count). The second-order valence-electron chi connectivity index (χ2n) is 7.91. The van der Waals surface area contributed by atoms with Crippen LogP contribution in [0.3, 0.4) is 0 Å². The van der Waals surface area contributed by atoms with Crippen LogP contribution in [0.25, 0.3) is 5.70 Å². The zero-order valence-corrected chi connectivity index (χ0v) is 18.8. The number of likely N-dealkylation sites (tertiary alicyclic amines) is 1. The van der Waals surface area contributed by atoms with E-state index in [-0.39, 0.29) is 24.0 Å². The first kappa shape index (κ1) is 24.6. The van der Waals surface area contributed by atoms with Crippen molar-refractivity contribution in [2.75, 3.05) is 27.3 Å². The monoisotopic (exact) mass is 500 g/mol. The third-order valence-corrected chi connectivity index (χ3v) is 5.41. The topological polar surface area (TPSA) is 94.0 Å². The summed E-state index contributed by atoms with van der Waals surface area (Å²) in [7, 11) is 2.81. The molecule has 2 aromatic heterocycles. The molecule has 0 saturated carbocycles. The zero-order chi connectivity index (χ0) is 25.4. The summed E-state index contributed by atoms with van der Waals surface area (Å²) < 4.78 is 84.6. The SMILES string of the molecule is COc1ncncc1C1=CC(N2CC(Oc3ccnc(C(F)(F)F)c3)C(F)(F)C2)=N[C@](C)(OC)N1. The van der Waals surface area contributed by atoms with Crippen LogP contribution in [-0.4, -0.2) is 70.9 Å². The van der Waals surface area contributed by atoms with Gasteiger partial charge in [0.05, 0.1) is 31.5 Å². The van der Waals surface area contributed by atoms with E-state index in [0.717, 1.165) is 12.3 Å². The molecular weight excluding hydrogens is 479 g/mol. The summed E-state index contributed by atoms with van der Waals surface area (Å²) >= 11 is 0. The number of hydrogen-bond donors (Lipinski definition) is 1. The summed E-state index contributed by atoms with van der Waals surface area (Å²) in [5, 5.41) is 3.05. The van der Waals surface area contributed by atoms with Crippen LogP contribution in [0.5, 0.6) is 11.6 Å². The molecule has 0 aromatic carbocycles. The van der Waals surface area contributed by atoms with Crippen molar-refractivity contribution < 1.29 is 36.2 Å². The Labute approximate surface area is 196 Å². The minimum Gasteiger partial charge on any atom is -0.482 e. The fourth-order valence-corrected chi connectivity index (χ4v) is 3.62. The molecule has 188 valence electrons. The number of halogens is 5. The van der Waals surface area contributed by atoms with Gasteiger partial charge in [0.15, 0.2) is 6.10 Å². The molecule has 1 unspecified atom stereocenters. The van der Waals surface area contributed by atoms with Crippen LogP contribution < -0.4 is 14.8 Å². The first-order valence-corrected chi connectivity index (χ1v) is 10.3. The Kier molecular flexibility index (Phi) is 6.25. The van der Waals surface area contributed by atoms with Gasteiger partial charge in [0.2, 0.25) is 11.7 Å². The number of aliphatic imine (C=N–C) groups is 1. The van der Waals surface area contributed by atoms with Gasteiger partial charge in [0.1, 0.15) is 23.6 Å². The molecule has 0 spiro atoms. The number of rotatable bonds is 5. The van der Waals surface area contributed by atoms with Crippen molar-refractivity contribution in [3.63, 3.8) is 0 Å². The highest BCUT2D eigenvalue weighted by Crippen LogP contribution is 2.35. The maximum atomic E-state index is 14.9. The smallest absolute Gasteiger partial charge is 0.433 e. The Bertz CT molecular complexity index is 1160. The highest BCUT2D eigenvalue weighted by atomic mass is 19.4. The predicted molar refractivity (Wildman–Crippen MR) is 113 cm³/mol. The average Bonchev–Trinajstić information content (AvgIpc) is 3.12. The summed E-state index contributed by atoms with van der Waals surface area (Å²) in [6.07, 6.45) is -1.33. The molecule has 0 radical (unpaired) electrons. The molecule has 2 aliphatic rings. The molecule has 2 aliphatic heterocycles. The Morgan fingerprint density at radius 1 is 1.20 bits per heavy atom. The maximum Gasteiger partial charge on any atom is 0.433 e. The molecule has 0 amide bonds. The minimum absolute atomic E-state index is 0.144. The van der Waals surface area contributed by atoms with Crippen LogP contribution >= 0.6 is 0 Å². The van der Waals surface area contributed by atoms with Gasteiger partial charge in [-0.15, -0.1) is 0 Å². The summed E-state index contributed by atoms with van der Waals surface area (Å²) in [5.74, 6) is -4.69. The van der Waals surface area contributed by atoms with E-state index in [1.807, 2.05) is 0 Å². The molecule has 0 aliphatic carbocycles. The molecule has 2 aromatic rings. The van der Waals surface area contributed by atoms with Crippen molar-refractivity contribution in [3.8, 4) is 11.6 Å². The molecule has 9 nitrogen and oxygen atoms in total. The molecule has 35 heavy (non-hydrogen) atoms. The maximum absolute atomic E-state index is 14.9. The van der Waals surface area contributed by atoms with Crippen LogP contribution in [0.1, 0.15) is 18.2 Å². The van der Waals surface area contributed by atoms with Gasteiger partial charge in [-0.25, -0.2) is 23.7 Å². The van der Waals surface area contributed by atoms with E-state index < -0.39 is 36.3 Å². The Balaban J connectivity index is 1.62. The third kappa shape index (κ3) is 5.11. The number of hydrogen-bond acceptors (Lipinski definition) is 9. The van der Waals surface area contributed by atoms with Crippen molar-refractivity contribution in [2.45, 2.75) is 31.0 Å². The second kappa shape index (κ2) is 8.91. The van der Waals surface area contributed by atoms with E-state index in [4.69, 9.17) is 14.2 Å². The van der Waals surface area contributed by atoms with Crippen molar-refractivity contribution in [1.82, 2.24) is 25.2 Å². The number of nitrogens with zero attached hydrogens (tertiary/aromatic N) is 5. The van der Waals surface area contributed by atoms with E-state index in [1.165, 1.54) is 37.7 Å². The molecule has 14 heteroatoms. The molecule has 1 N–H and O–H groups in total. The van der Waals surface area contributed by atoms with E-state index in [0.29, 0.717) is 17.3 Å². The lowest BCUT2D eigenvalue weighted by atomic mass is 10.1. The van der Waals surface area contributed by atoms with Crippen molar-refractivity contribution in [1.29, 1.82) is 0 Å². The summed E-state index contributed by atoms with van der Waals surface area (Å²) in [5.41, 5.74) is -0.382. The Hall–Kier alpha value is -3.55. The van der Waals surface area contributed by atoms with Crippen LogP contribution in [-0.2, 0) is 10.9 Å². The Morgan fingerprint density at radius 2 is 1.97 bits per heavy atom. The molecule has 0 bridgehead atoms. The first-order chi connectivity index (χ1) is 16.4. The Morgan fingerprint density at radius 3 is 2.66 bits per heavy atom. The third-order valence-electron chi connectivity index (χ3n) is 5.41. The lowest BCUT2D eigenvalue weighted by Crippen LogP contribution is -2.47. The largest absolute Gasteiger partial charge is 0.482 e. The fraction of sp³-hybridized carbons (Fsp3) is 0.429. The number of pyridine rings is 1. The lowest BCUT2D eigenvalue weighted by molar-refractivity contribution is -0.141. The van der Waals surface area contributed by atoms with Crippen molar-refractivity contribution in [2.24, 2.45) is 4.99 Å². The van der Waals surface area contributed by atoms with Crippen LogP contribution in [0.4, 0.5) is 22.0 Å². The predicted octanol–water partition coefficient (Wildman–Crippen LogP) is 2.96. The minimum atomic E-state index is -4.73. The lowest BCUT2D eigenvalue weighted by Gasteiger charge is -2.34. The summed E-state index contributed by atoms with van der Waals surface area (Å²) in [4.78, 5) is 16.9. The molecule has 2 atom stereocenters. The average molecular weight is 500 g/mol. The van der Waals surface area contributed by atoms with Crippen LogP contribution in [0.2, 0.25) is 0 Å². The van der Waals surface area contributed by atoms with Gasteiger partial charge in [-0.3, -0.25) is 4.98 Å². The molecule has 4 heterocycles. The van der Waals surface area contributed by atoms with Gasteiger partial charge >= 0.3 is 12.1 Å². The fourth-order valence-electron chi connectivity index (χ4n) is 3.62. The summed E-state index contributed by atoms with van der Waals surface area (Å²) in [6, 6.07) is 1.68.